The van der Waals surface area contributed by atoms with Crippen LogP contribution in [0.25, 0.3) is 0 Å². The fourth-order valence-corrected chi connectivity index (χ4v) is 4.08. The van der Waals surface area contributed by atoms with Gasteiger partial charge in [0.25, 0.3) is 11.8 Å². The van der Waals surface area contributed by atoms with Crippen molar-refractivity contribution in [2.24, 2.45) is 11.8 Å². The van der Waals surface area contributed by atoms with Crippen LogP contribution in [0.5, 0.6) is 0 Å². The van der Waals surface area contributed by atoms with E-state index >= 15 is 0 Å². The summed E-state index contributed by atoms with van der Waals surface area (Å²) in [4.78, 5) is 27.6. The third kappa shape index (κ3) is 4.15. The van der Waals surface area contributed by atoms with Crippen molar-refractivity contribution in [3.05, 3.63) is 64.1 Å². The second kappa shape index (κ2) is 8.04. The molecular weight excluding hydrogens is 392 g/mol. The van der Waals surface area contributed by atoms with Crippen LogP contribution < -0.4 is 5.32 Å². The molecule has 0 spiro atoms. The van der Waals surface area contributed by atoms with Crippen LogP contribution in [0.2, 0.25) is 0 Å². The summed E-state index contributed by atoms with van der Waals surface area (Å²) >= 11 is 3.40. The fraction of sp³-hybridized carbons (Fsp3) is 0.333. The molecule has 4 nitrogen and oxygen atoms in total. The van der Waals surface area contributed by atoms with Gasteiger partial charge in [0.15, 0.2) is 0 Å². The van der Waals surface area contributed by atoms with Crippen LogP contribution in [-0.2, 0) is 0 Å². The van der Waals surface area contributed by atoms with Gasteiger partial charge in [-0.3, -0.25) is 9.59 Å². The first-order valence-corrected chi connectivity index (χ1v) is 9.69. The molecule has 2 aromatic rings. The zero-order chi connectivity index (χ0) is 18.7. The smallest absolute Gasteiger partial charge is 0.256 e. The van der Waals surface area contributed by atoms with E-state index in [1.807, 2.05) is 35.2 Å². The first-order valence-electron chi connectivity index (χ1n) is 8.90. The summed E-state index contributed by atoms with van der Waals surface area (Å²) in [6.07, 6.45) is 1.14. The summed E-state index contributed by atoms with van der Waals surface area (Å²) in [6, 6.07) is 14.5. The zero-order valence-corrected chi connectivity index (χ0v) is 16.6. The average molecular weight is 415 g/mol. The van der Waals surface area contributed by atoms with Gasteiger partial charge in [-0.2, -0.15) is 0 Å². The molecule has 0 aliphatic carbocycles. The Morgan fingerprint density at radius 1 is 0.962 bits per heavy atom. The van der Waals surface area contributed by atoms with Crippen LogP contribution in [0.3, 0.4) is 0 Å². The normalized spacial score (nSPS) is 19.9. The molecule has 0 aromatic heterocycles. The molecule has 0 bridgehead atoms. The lowest BCUT2D eigenvalue weighted by Crippen LogP contribution is -2.42. The maximum absolute atomic E-state index is 13.1. The number of nitrogens with zero attached hydrogens (tertiary/aromatic N) is 1. The Morgan fingerprint density at radius 3 is 2.19 bits per heavy atom. The molecule has 1 N–H and O–H groups in total. The van der Waals surface area contributed by atoms with E-state index in [0.29, 0.717) is 28.7 Å². The molecule has 1 fully saturated rings. The van der Waals surface area contributed by atoms with Crippen LogP contribution in [0.1, 0.15) is 41.0 Å². The van der Waals surface area contributed by atoms with Gasteiger partial charge in [-0.1, -0.05) is 38.1 Å². The van der Waals surface area contributed by atoms with E-state index in [0.717, 1.165) is 24.0 Å². The first-order chi connectivity index (χ1) is 12.5. The largest absolute Gasteiger partial charge is 0.338 e. The second-order valence-corrected chi connectivity index (χ2v) is 7.99. The molecule has 0 radical (unpaired) electrons. The number of carbonyl (C=O) groups is 2. The van der Waals surface area contributed by atoms with E-state index in [4.69, 9.17) is 0 Å². The summed E-state index contributed by atoms with van der Waals surface area (Å²) in [7, 11) is 0. The maximum atomic E-state index is 13.1. The highest BCUT2D eigenvalue weighted by Gasteiger charge is 2.27. The average Bonchev–Trinajstić information content (AvgIpc) is 2.61. The summed E-state index contributed by atoms with van der Waals surface area (Å²) in [5.74, 6) is 0.721. The Labute approximate surface area is 162 Å². The minimum Gasteiger partial charge on any atom is -0.338 e. The van der Waals surface area contributed by atoms with Crippen molar-refractivity contribution in [2.45, 2.75) is 20.3 Å². The number of nitrogens with one attached hydrogen (secondary N) is 1. The van der Waals surface area contributed by atoms with Crippen molar-refractivity contribution in [3.8, 4) is 0 Å². The Balaban J connectivity index is 1.83. The number of benzene rings is 2. The van der Waals surface area contributed by atoms with Gasteiger partial charge < -0.3 is 10.2 Å². The number of amides is 2. The van der Waals surface area contributed by atoms with Gasteiger partial charge >= 0.3 is 0 Å². The molecule has 5 heteroatoms. The van der Waals surface area contributed by atoms with Gasteiger partial charge in [0.1, 0.15) is 0 Å². The van der Waals surface area contributed by atoms with Crippen molar-refractivity contribution in [3.63, 3.8) is 0 Å². The van der Waals surface area contributed by atoms with Gasteiger partial charge in [-0.25, -0.2) is 0 Å². The van der Waals surface area contributed by atoms with Crippen LogP contribution in [-0.4, -0.2) is 29.8 Å². The van der Waals surface area contributed by atoms with Crippen LogP contribution in [0, 0.1) is 11.8 Å². The monoisotopic (exact) mass is 414 g/mol. The van der Waals surface area contributed by atoms with E-state index in [1.165, 1.54) is 0 Å². The molecule has 1 saturated heterocycles. The van der Waals surface area contributed by atoms with Gasteiger partial charge in [0, 0.05) is 17.6 Å². The predicted molar refractivity (Wildman–Crippen MR) is 107 cm³/mol. The van der Waals surface area contributed by atoms with Gasteiger partial charge in [-0.05, 0) is 58.5 Å². The van der Waals surface area contributed by atoms with Gasteiger partial charge in [0.2, 0.25) is 0 Å². The summed E-state index contributed by atoms with van der Waals surface area (Å²) < 4.78 is 0.722. The summed E-state index contributed by atoms with van der Waals surface area (Å²) in [5.41, 5.74) is 1.62. The highest BCUT2D eigenvalue weighted by molar-refractivity contribution is 9.10. The molecule has 2 amide bonds. The van der Waals surface area contributed by atoms with Crippen molar-refractivity contribution in [1.29, 1.82) is 0 Å². The number of hydrogen-bond donors (Lipinski definition) is 1. The molecule has 2 aromatic carbocycles. The predicted octanol–water partition coefficient (Wildman–Crippen LogP) is 4.82. The number of hydrogen-bond acceptors (Lipinski definition) is 2. The van der Waals surface area contributed by atoms with E-state index in [-0.39, 0.29) is 11.8 Å². The molecule has 136 valence electrons. The van der Waals surface area contributed by atoms with Crippen molar-refractivity contribution in [2.75, 3.05) is 18.4 Å². The lowest BCUT2D eigenvalue weighted by Gasteiger charge is -2.35. The Hall–Kier alpha value is -2.14. The highest BCUT2D eigenvalue weighted by Crippen LogP contribution is 2.26. The Bertz CT molecular complexity index is 811. The molecule has 26 heavy (non-hydrogen) atoms. The lowest BCUT2D eigenvalue weighted by molar-refractivity contribution is 0.0624. The lowest BCUT2D eigenvalue weighted by atomic mass is 9.91. The van der Waals surface area contributed by atoms with Crippen LogP contribution in [0.15, 0.2) is 53.0 Å². The SMILES string of the molecule is CC1CC(C)CN(C(=O)c2ccccc2NC(=O)c2ccccc2Br)C1. The summed E-state index contributed by atoms with van der Waals surface area (Å²) in [5, 5.41) is 2.89. The van der Waals surface area contributed by atoms with E-state index in [1.54, 1.807) is 18.2 Å². The third-order valence-electron chi connectivity index (χ3n) is 4.68. The number of rotatable bonds is 3. The van der Waals surface area contributed by atoms with Crippen LogP contribution >= 0.6 is 15.9 Å². The van der Waals surface area contributed by atoms with Crippen LogP contribution in [0.4, 0.5) is 5.69 Å². The number of carbonyl (C=O) groups excluding carboxylic acids is 2. The minimum absolute atomic E-state index is 0.0218. The number of anilines is 1. The third-order valence-corrected chi connectivity index (χ3v) is 5.37. The van der Waals surface area contributed by atoms with Crippen molar-refractivity contribution >= 4 is 33.4 Å². The van der Waals surface area contributed by atoms with Crippen molar-refractivity contribution in [1.82, 2.24) is 4.90 Å². The summed E-state index contributed by atoms with van der Waals surface area (Å²) in [6.45, 7) is 5.87. The zero-order valence-electron chi connectivity index (χ0n) is 15.0. The second-order valence-electron chi connectivity index (χ2n) is 7.14. The Kier molecular flexibility index (Phi) is 5.77. The maximum Gasteiger partial charge on any atom is 0.256 e. The topological polar surface area (TPSA) is 49.4 Å². The molecule has 3 rings (SSSR count). The Morgan fingerprint density at radius 2 is 1.54 bits per heavy atom. The highest BCUT2D eigenvalue weighted by atomic mass is 79.9. The molecule has 1 aliphatic heterocycles. The van der Waals surface area contributed by atoms with E-state index < -0.39 is 0 Å². The number of halogens is 1. The number of likely N-dealkylation sites (tertiary alicyclic amines) is 1. The first kappa shape index (κ1) is 18.6. The molecule has 1 heterocycles. The molecule has 0 saturated carbocycles. The minimum atomic E-state index is -0.238. The standard InChI is InChI=1S/C21H23BrN2O2/c1-14-11-15(2)13-24(12-14)21(26)17-8-4-6-10-19(17)23-20(25)16-7-3-5-9-18(16)22/h3-10,14-15H,11-13H2,1-2H3,(H,23,25). The number of piperidine rings is 1. The molecule has 2 atom stereocenters. The molecule has 1 aliphatic rings. The molecular formula is C21H23BrN2O2. The quantitative estimate of drug-likeness (QED) is 0.782. The van der Waals surface area contributed by atoms with E-state index in [2.05, 4.69) is 35.1 Å². The van der Waals surface area contributed by atoms with Crippen molar-refractivity contribution < 1.29 is 9.59 Å². The van der Waals surface area contributed by atoms with Gasteiger partial charge in [0.05, 0.1) is 16.8 Å². The fourth-order valence-electron chi connectivity index (χ4n) is 3.61. The number of para-hydroxylation sites is 1. The molecule has 2 unspecified atom stereocenters. The van der Waals surface area contributed by atoms with Gasteiger partial charge in [-0.15, -0.1) is 0 Å². The van der Waals surface area contributed by atoms with E-state index in [9.17, 15) is 9.59 Å².